The number of hydrogen-bond acceptors (Lipinski definition) is 3. The molecule has 2 N–H and O–H groups in total. The fourth-order valence-electron chi connectivity index (χ4n) is 1.84. The Kier molecular flexibility index (Phi) is 4.59. The third-order valence-electron chi connectivity index (χ3n) is 2.80. The van der Waals surface area contributed by atoms with Crippen LogP contribution in [0.25, 0.3) is 0 Å². The molecule has 0 fully saturated rings. The first kappa shape index (κ1) is 13.9. The third-order valence-corrected chi connectivity index (χ3v) is 2.80. The highest BCUT2D eigenvalue weighted by Gasteiger charge is 2.15. The van der Waals surface area contributed by atoms with Crippen molar-refractivity contribution in [1.82, 2.24) is 4.90 Å². The van der Waals surface area contributed by atoms with Crippen molar-refractivity contribution in [3.8, 4) is 11.8 Å². The minimum Gasteiger partial charge on any atom is -0.467 e. The van der Waals surface area contributed by atoms with Crippen molar-refractivity contribution < 1.29 is 9.21 Å². The van der Waals surface area contributed by atoms with Gasteiger partial charge in [-0.1, -0.05) is 24.0 Å². The molecule has 0 aliphatic rings. The Morgan fingerprint density at radius 3 is 2.80 bits per heavy atom. The van der Waals surface area contributed by atoms with Crippen LogP contribution in [0.5, 0.6) is 0 Å². The van der Waals surface area contributed by atoms with E-state index in [0.717, 1.165) is 5.76 Å². The average molecular weight is 268 g/mol. The van der Waals surface area contributed by atoms with E-state index in [1.54, 1.807) is 30.3 Å². The molecule has 0 saturated carbocycles. The zero-order chi connectivity index (χ0) is 14.4. The van der Waals surface area contributed by atoms with Crippen LogP contribution in [0.15, 0.2) is 47.1 Å². The van der Waals surface area contributed by atoms with E-state index in [1.807, 2.05) is 24.3 Å². The summed E-state index contributed by atoms with van der Waals surface area (Å²) in [5.41, 5.74) is 6.63. The van der Waals surface area contributed by atoms with Gasteiger partial charge in [-0.15, -0.1) is 0 Å². The Balaban J connectivity index is 2.20. The Morgan fingerprint density at radius 1 is 1.30 bits per heavy atom. The van der Waals surface area contributed by atoms with Crippen LogP contribution in [0.1, 0.15) is 21.7 Å². The van der Waals surface area contributed by atoms with E-state index in [2.05, 4.69) is 11.8 Å². The molecule has 0 radical (unpaired) electrons. The first-order valence-corrected chi connectivity index (χ1v) is 6.28. The number of hydrogen-bond donors (Lipinski definition) is 1. The molecular formula is C16H16N2O2. The van der Waals surface area contributed by atoms with E-state index < -0.39 is 0 Å². The predicted molar refractivity (Wildman–Crippen MR) is 76.9 cm³/mol. The quantitative estimate of drug-likeness (QED) is 0.864. The van der Waals surface area contributed by atoms with Gasteiger partial charge in [0, 0.05) is 12.6 Å². The van der Waals surface area contributed by atoms with Gasteiger partial charge in [-0.2, -0.15) is 0 Å². The Labute approximate surface area is 118 Å². The summed E-state index contributed by atoms with van der Waals surface area (Å²) in [7, 11) is 1.73. The van der Waals surface area contributed by atoms with Gasteiger partial charge in [-0.25, -0.2) is 0 Å². The number of benzene rings is 1. The van der Waals surface area contributed by atoms with Crippen LogP contribution < -0.4 is 5.73 Å². The van der Waals surface area contributed by atoms with E-state index in [-0.39, 0.29) is 12.5 Å². The lowest BCUT2D eigenvalue weighted by molar-refractivity contribution is 0.0775. The summed E-state index contributed by atoms with van der Waals surface area (Å²) in [6, 6.07) is 10.9. The number of carbonyl (C=O) groups is 1. The molecule has 4 heteroatoms. The first-order chi connectivity index (χ1) is 9.72. The predicted octanol–water partition coefficient (Wildman–Crippen LogP) is 1.86. The van der Waals surface area contributed by atoms with Gasteiger partial charge in [0.15, 0.2) is 0 Å². The molecule has 0 unspecified atom stereocenters. The second kappa shape index (κ2) is 6.60. The van der Waals surface area contributed by atoms with Crippen molar-refractivity contribution in [1.29, 1.82) is 0 Å². The van der Waals surface area contributed by atoms with E-state index in [1.165, 1.54) is 0 Å². The molecule has 1 heterocycles. The van der Waals surface area contributed by atoms with Crippen molar-refractivity contribution in [3.63, 3.8) is 0 Å². The zero-order valence-electron chi connectivity index (χ0n) is 11.3. The lowest BCUT2D eigenvalue weighted by Crippen LogP contribution is -2.26. The van der Waals surface area contributed by atoms with Gasteiger partial charge in [0.1, 0.15) is 5.76 Å². The smallest absolute Gasteiger partial charge is 0.255 e. The zero-order valence-corrected chi connectivity index (χ0v) is 11.3. The number of carbonyl (C=O) groups excluding carboxylic acids is 1. The Morgan fingerprint density at radius 2 is 2.10 bits per heavy atom. The number of amides is 1. The van der Waals surface area contributed by atoms with Gasteiger partial charge >= 0.3 is 0 Å². The molecule has 4 nitrogen and oxygen atoms in total. The van der Waals surface area contributed by atoms with Crippen LogP contribution in [0.4, 0.5) is 0 Å². The molecular weight excluding hydrogens is 252 g/mol. The molecule has 2 rings (SSSR count). The second-order valence-corrected chi connectivity index (χ2v) is 4.29. The van der Waals surface area contributed by atoms with Gasteiger partial charge in [0.05, 0.1) is 24.9 Å². The van der Waals surface area contributed by atoms with E-state index >= 15 is 0 Å². The molecule has 0 spiro atoms. The minimum absolute atomic E-state index is 0.0941. The first-order valence-electron chi connectivity index (χ1n) is 6.28. The van der Waals surface area contributed by atoms with Gasteiger partial charge in [-0.3, -0.25) is 4.79 Å². The summed E-state index contributed by atoms with van der Waals surface area (Å²) in [5, 5.41) is 0. The van der Waals surface area contributed by atoms with Crippen molar-refractivity contribution in [3.05, 3.63) is 59.5 Å². The number of nitrogens with zero attached hydrogens (tertiary/aromatic N) is 1. The summed E-state index contributed by atoms with van der Waals surface area (Å²) in [6.07, 6.45) is 1.59. The molecule has 0 aliphatic heterocycles. The van der Waals surface area contributed by atoms with Crippen LogP contribution in [-0.2, 0) is 6.54 Å². The largest absolute Gasteiger partial charge is 0.467 e. The minimum atomic E-state index is -0.0941. The van der Waals surface area contributed by atoms with E-state index in [9.17, 15) is 4.79 Å². The van der Waals surface area contributed by atoms with Crippen LogP contribution in [0, 0.1) is 11.8 Å². The molecule has 0 saturated heterocycles. The summed E-state index contributed by atoms with van der Waals surface area (Å²) in [4.78, 5) is 14.0. The number of rotatable bonds is 3. The lowest BCUT2D eigenvalue weighted by atomic mass is 10.1. The van der Waals surface area contributed by atoms with Crippen LogP contribution in [-0.4, -0.2) is 24.4 Å². The van der Waals surface area contributed by atoms with Gasteiger partial charge in [0.25, 0.3) is 5.91 Å². The van der Waals surface area contributed by atoms with Gasteiger partial charge < -0.3 is 15.1 Å². The fraction of sp³-hybridized carbons (Fsp3) is 0.188. The number of nitrogens with two attached hydrogens (primary N) is 1. The summed E-state index contributed by atoms with van der Waals surface area (Å²) in [5.74, 6) is 6.34. The standard InChI is InChI=1S/C16H16N2O2/c1-18(12-14-8-5-11-20-14)16(19)15-9-3-2-6-13(15)7-4-10-17/h2-3,5-6,8-9,11H,10,12,17H2,1H3. The Bertz CT molecular complexity index is 636. The van der Waals surface area contributed by atoms with Gasteiger partial charge in [0.2, 0.25) is 0 Å². The molecule has 1 amide bonds. The Hall–Kier alpha value is -2.51. The molecule has 1 aromatic heterocycles. The SMILES string of the molecule is CN(Cc1ccco1)C(=O)c1ccccc1C#CCN. The maximum absolute atomic E-state index is 12.4. The van der Waals surface area contributed by atoms with Crippen molar-refractivity contribution in [2.45, 2.75) is 6.54 Å². The highest BCUT2D eigenvalue weighted by molar-refractivity contribution is 5.96. The van der Waals surface area contributed by atoms with Crippen molar-refractivity contribution in [2.24, 2.45) is 5.73 Å². The van der Waals surface area contributed by atoms with Gasteiger partial charge in [-0.05, 0) is 24.3 Å². The maximum Gasteiger partial charge on any atom is 0.255 e. The summed E-state index contributed by atoms with van der Waals surface area (Å²) < 4.78 is 5.25. The normalized spacial score (nSPS) is 9.70. The van der Waals surface area contributed by atoms with Crippen LogP contribution >= 0.6 is 0 Å². The fourth-order valence-corrected chi connectivity index (χ4v) is 1.84. The molecule has 0 aliphatic carbocycles. The molecule has 2 aromatic rings. The highest BCUT2D eigenvalue weighted by atomic mass is 16.3. The maximum atomic E-state index is 12.4. The lowest BCUT2D eigenvalue weighted by Gasteiger charge is -2.16. The van der Waals surface area contributed by atoms with Crippen LogP contribution in [0.2, 0.25) is 0 Å². The van der Waals surface area contributed by atoms with E-state index in [4.69, 9.17) is 10.2 Å². The molecule has 0 atom stereocenters. The highest BCUT2D eigenvalue weighted by Crippen LogP contribution is 2.12. The molecule has 1 aromatic carbocycles. The van der Waals surface area contributed by atoms with Crippen molar-refractivity contribution in [2.75, 3.05) is 13.6 Å². The molecule has 102 valence electrons. The van der Waals surface area contributed by atoms with Crippen LogP contribution in [0.3, 0.4) is 0 Å². The van der Waals surface area contributed by atoms with Crippen molar-refractivity contribution >= 4 is 5.91 Å². The summed E-state index contributed by atoms with van der Waals surface area (Å²) in [6.45, 7) is 0.690. The number of furan rings is 1. The van der Waals surface area contributed by atoms with E-state index in [0.29, 0.717) is 17.7 Å². The molecule has 20 heavy (non-hydrogen) atoms. The topological polar surface area (TPSA) is 59.5 Å². The summed E-state index contributed by atoms with van der Waals surface area (Å²) >= 11 is 0. The average Bonchev–Trinajstić information content (AvgIpc) is 2.97. The molecule has 0 bridgehead atoms. The third kappa shape index (κ3) is 3.28. The monoisotopic (exact) mass is 268 g/mol. The second-order valence-electron chi connectivity index (χ2n) is 4.29.